The molecule has 3 rings (SSSR count). The Kier molecular flexibility index (Phi) is 4.28. The summed E-state index contributed by atoms with van der Waals surface area (Å²) in [6.45, 7) is -0.0835. The Hall–Kier alpha value is -2.82. The Morgan fingerprint density at radius 3 is 2.91 bits per heavy atom. The van der Waals surface area contributed by atoms with Crippen LogP contribution in [0.1, 0.15) is 18.6 Å². The first-order chi connectivity index (χ1) is 11.2. The number of hydrogen-bond acceptors (Lipinski definition) is 4. The van der Waals surface area contributed by atoms with Gasteiger partial charge in [-0.25, -0.2) is 0 Å². The molecule has 0 atom stereocenters. The van der Waals surface area contributed by atoms with Crippen LogP contribution in [0.2, 0.25) is 0 Å². The molecule has 0 saturated carbocycles. The Bertz CT molecular complexity index is 861. The van der Waals surface area contributed by atoms with Gasteiger partial charge < -0.3 is 14.5 Å². The van der Waals surface area contributed by atoms with Gasteiger partial charge in [0.25, 0.3) is 5.91 Å². The first-order valence-corrected chi connectivity index (χ1v) is 7.46. The third-order valence-corrected chi connectivity index (χ3v) is 3.63. The Balaban J connectivity index is 1.96. The smallest absolute Gasteiger partial charge is 0.257 e. The van der Waals surface area contributed by atoms with Crippen molar-refractivity contribution >= 4 is 22.4 Å². The second kappa shape index (κ2) is 6.52. The molecule has 1 amide bonds. The Morgan fingerprint density at radius 2 is 2.17 bits per heavy atom. The van der Waals surface area contributed by atoms with E-state index in [0.717, 1.165) is 18.4 Å². The zero-order chi connectivity index (χ0) is 16.2. The molecule has 23 heavy (non-hydrogen) atoms. The maximum Gasteiger partial charge on any atom is 0.257 e. The largest absolute Gasteiger partial charge is 0.484 e. The highest BCUT2D eigenvalue weighted by atomic mass is 16.5. The van der Waals surface area contributed by atoms with Crippen molar-refractivity contribution in [2.75, 3.05) is 13.7 Å². The number of benzene rings is 1. The van der Waals surface area contributed by atoms with E-state index in [1.165, 1.54) is 6.07 Å². The van der Waals surface area contributed by atoms with Crippen molar-refractivity contribution in [1.82, 2.24) is 5.32 Å². The molecule has 2 aromatic rings. The van der Waals surface area contributed by atoms with Gasteiger partial charge in [0, 0.05) is 24.8 Å². The highest BCUT2D eigenvalue weighted by Gasteiger charge is 2.10. The Morgan fingerprint density at radius 1 is 1.30 bits per heavy atom. The molecule has 1 aliphatic carbocycles. The SMILES string of the molecule is CNC(=O)COc1ccc2c(=O)cc(C3=CCCC=C3)oc2c1. The number of likely N-dealkylation sites (N-methyl/N-ethyl adjacent to an activating group) is 1. The predicted octanol–water partition coefficient (Wildman–Crippen LogP) is 2.65. The topological polar surface area (TPSA) is 68.5 Å². The molecule has 0 radical (unpaired) electrons. The van der Waals surface area contributed by atoms with Crippen LogP contribution in [0.25, 0.3) is 16.5 Å². The first-order valence-electron chi connectivity index (χ1n) is 7.46. The van der Waals surface area contributed by atoms with Crippen LogP contribution in [-0.2, 0) is 4.79 Å². The maximum atomic E-state index is 12.2. The lowest BCUT2D eigenvalue weighted by Crippen LogP contribution is -2.24. The standard InChI is InChI=1S/C18H17NO4/c1-19-18(21)11-22-13-7-8-14-15(20)10-16(23-17(14)9-13)12-5-3-2-4-6-12/h3,5-10H,2,4,11H2,1H3,(H,19,21). The highest BCUT2D eigenvalue weighted by molar-refractivity contribution is 5.81. The van der Waals surface area contributed by atoms with Crippen LogP contribution in [0.15, 0.2) is 51.7 Å². The van der Waals surface area contributed by atoms with Crippen molar-refractivity contribution in [3.8, 4) is 5.75 Å². The van der Waals surface area contributed by atoms with Gasteiger partial charge in [0.15, 0.2) is 12.0 Å². The molecular weight excluding hydrogens is 294 g/mol. The Labute approximate surface area is 133 Å². The number of hydrogen-bond donors (Lipinski definition) is 1. The second-order valence-corrected chi connectivity index (χ2v) is 5.23. The van der Waals surface area contributed by atoms with Crippen LogP contribution in [0.4, 0.5) is 0 Å². The molecular formula is C18H17NO4. The highest BCUT2D eigenvalue weighted by Crippen LogP contribution is 2.25. The van der Waals surface area contributed by atoms with Crippen LogP contribution >= 0.6 is 0 Å². The van der Waals surface area contributed by atoms with Gasteiger partial charge in [-0.05, 0) is 25.0 Å². The normalized spacial score (nSPS) is 13.7. The van der Waals surface area contributed by atoms with Gasteiger partial charge in [0.2, 0.25) is 0 Å². The second-order valence-electron chi connectivity index (χ2n) is 5.23. The molecule has 0 saturated heterocycles. The minimum Gasteiger partial charge on any atom is -0.484 e. The minimum atomic E-state index is -0.224. The quantitative estimate of drug-likeness (QED) is 0.942. The van der Waals surface area contributed by atoms with Crippen molar-refractivity contribution in [1.29, 1.82) is 0 Å². The van der Waals surface area contributed by atoms with Gasteiger partial charge in [-0.3, -0.25) is 9.59 Å². The van der Waals surface area contributed by atoms with E-state index < -0.39 is 0 Å². The number of rotatable bonds is 4. The molecule has 0 aliphatic heterocycles. The van der Waals surface area contributed by atoms with Crippen LogP contribution in [-0.4, -0.2) is 19.6 Å². The van der Waals surface area contributed by atoms with E-state index in [9.17, 15) is 9.59 Å². The molecule has 0 unspecified atom stereocenters. The fraction of sp³-hybridized carbons (Fsp3) is 0.222. The molecule has 118 valence electrons. The monoisotopic (exact) mass is 311 g/mol. The molecule has 0 bridgehead atoms. The third kappa shape index (κ3) is 3.34. The summed E-state index contributed by atoms with van der Waals surface area (Å²) >= 11 is 0. The van der Waals surface area contributed by atoms with Crippen molar-refractivity contribution in [2.24, 2.45) is 0 Å². The molecule has 1 aromatic heterocycles. The lowest BCUT2D eigenvalue weighted by Gasteiger charge is -2.09. The average molecular weight is 311 g/mol. The zero-order valence-electron chi connectivity index (χ0n) is 12.8. The summed E-state index contributed by atoms with van der Waals surface area (Å²) in [5, 5.41) is 2.97. The fourth-order valence-corrected chi connectivity index (χ4v) is 2.38. The number of fused-ring (bicyclic) bond motifs is 1. The van der Waals surface area contributed by atoms with Crippen LogP contribution in [0.5, 0.6) is 5.75 Å². The fourth-order valence-electron chi connectivity index (χ4n) is 2.38. The first kappa shape index (κ1) is 15.1. The molecule has 5 heteroatoms. The number of carbonyl (C=O) groups excluding carboxylic acids is 1. The van der Waals surface area contributed by atoms with E-state index >= 15 is 0 Å². The molecule has 0 spiro atoms. The lowest BCUT2D eigenvalue weighted by molar-refractivity contribution is -0.122. The van der Waals surface area contributed by atoms with E-state index in [-0.39, 0.29) is 17.9 Å². The molecule has 1 aromatic carbocycles. The molecule has 1 aliphatic rings. The molecule has 1 N–H and O–H groups in total. The number of ether oxygens (including phenoxy) is 1. The van der Waals surface area contributed by atoms with Crippen molar-refractivity contribution in [3.63, 3.8) is 0 Å². The van der Waals surface area contributed by atoms with Crippen LogP contribution < -0.4 is 15.5 Å². The number of nitrogens with one attached hydrogen (secondary N) is 1. The van der Waals surface area contributed by atoms with Crippen molar-refractivity contribution in [3.05, 3.63) is 58.5 Å². The average Bonchev–Trinajstić information content (AvgIpc) is 2.60. The summed E-state index contributed by atoms with van der Waals surface area (Å²) in [4.78, 5) is 23.5. The van der Waals surface area contributed by atoms with E-state index in [0.29, 0.717) is 22.5 Å². The zero-order valence-corrected chi connectivity index (χ0v) is 12.8. The van der Waals surface area contributed by atoms with Crippen LogP contribution in [0, 0.1) is 0 Å². The van der Waals surface area contributed by atoms with Gasteiger partial charge in [-0.1, -0.05) is 18.2 Å². The lowest BCUT2D eigenvalue weighted by atomic mass is 10.0. The predicted molar refractivity (Wildman–Crippen MR) is 88.4 cm³/mol. The number of allylic oxidation sites excluding steroid dienone is 4. The minimum absolute atomic E-state index is 0.0835. The molecule has 0 fully saturated rings. The summed E-state index contributed by atoms with van der Waals surface area (Å²) < 4.78 is 11.2. The summed E-state index contributed by atoms with van der Waals surface area (Å²) in [5.41, 5.74) is 1.26. The van der Waals surface area contributed by atoms with Gasteiger partial charge in [-0.15, -0.1) is 0 Å². The van der Waals surface area contributed by atoms with Gasteiger partial charge in [-0.2, -0.15) is 0 Å². The maximum absolute atomic E-state index is 12.2. The molecule has 5 nitrogen and oxygen atoms in total. The van der Waals surface area contributed by atoms with Gasteiger partial charge in [0.05, 0.1) is 5.39 Å². The number of carbonyl (C=O) groups is 1. The van der Waals surface area contributed by atoms with E-state index in [4.69, 9.17) is 9.15 Å². The summed E-state index contributed by atoms with van der Waals surface area (Å²) in [6, 6.07) is 6.45. The van der Waals surface area contributed by atoms with E-state index in [1.54, 1.807) is 25.2 Å². The summed E-state index contributed by atoms with van der Waals surface area (Å²) in [6.07, 6.45) is 8.00. The van der Waals surface area contributed by atoms with E-state index in [2.05, 4.69) is 17.5 Å². The number of amides is 1. The summed E-state index contributed by atoms with van der Waals surface area (Å²) in [5.74, 6) is 0.800. The van der Waals surface area contributed by atoms with Crippen molar-refractivity contribution < 1.29 is 13.9 Å². The summed E-state index contributed by atoms with van der Waals surface area (Å²) in [7, 11) is 1.54. The van der Waals surface area contributed by atoms with Crippen LogP contribution in [0.3, 0.4) is 0 Å². The molecule has 1 heterocycles. The van der Waals surface area contributed by atoms with E-state index in [1.807, 2.05) is 6.08 Å². The van der Waals surface area contributed by atoms with Gasteiger partial charge in [0.1, 0.15) is 17.1 Å². The van der Waals surface area contributed by atoms with Gasteiger partial charge >= 0.3 is 0 Å². The third-order valence-electron chi connectivity index (χ3n) is 3.63. The van der Waals surface area contributed by atoms with Crippen molar-refractivity contribution in [2.45, 2.75) is 12.8 Å².